The maximum absolute atomic E-state index is 13.2. The number of amides is 1. The summed E-state index contributed by atoms with van der Waals surface area (Å²) in [7, 11) is 0. The second-order valence-electron chi connectivity index (χ2n) is 8.43. The van der Waals surface area contributed by atoms with Gasteiger partial charge in [-0.3, -0.25) is 14.2 Å². The topological polar surface area (TPSA) is 123 Å². The van der Waals surface area contributed by atoms with Crippen LogP contribution in [-0.2, 0) is 28.9 Å². The second kappa shape index (κ2) is 10.5. The molecule has 4 aromatic rings. The Hall–Kier alpha value is -4.01. The lowest BCUT2D eigenvalue weighted by atomic mass is 10.1. The molecule has 0 radical (unpaired) electrons. The van der Waals surface area contributed by atoms with E-state index >= 15 is 0 Å². The third-order valence-corrected chi connectivity index (χ3v) is 8.42. The first kappa shape index (κ1) is 24.7. The van der Waals surface area contributed by atoms with Crippen molar-refractivity contribution in [1.82, 2.24) is 9.55 Å². The third-order valence-electron chi connectivity index (χ3n) is 6.03. The maximum Gasteiger partial charge on any atom is 0.348 e. The molecule has 3 heterocycles. The summed E-state index contributed by atoms with van der Waals surface area (Å²) in [5.74, 6) is -0.307. The predicted molar refractivity (Wildman–Crippen MR) is 141 cm³/mol. The van der Waals surface area contributed by atoms with Gasteiger partial charge in [-0.2, -0.15) is 5.26 Å². The van der Waals surface area contributed by atoms with Gasteiger partial charge < -0.3 is 14.8 Å². The maximum atomic E-state index is 13.2. The van der Waals surface area contributed by atoms with Gasteiger partial charge in [0.1, 0.15) is 46.3 Å². The Bertz CT molecular complexity index is 1600. The minimum Gasteiger partial charge on any atom is -0.490 e. The van der Waals surface area contributed by atoms with Crippen molar-refractivity contribution in [3.05, 3.63) is 73.5 Å². The zero-order valence-electron chi connectivity index (χ0n) is 19.9. The quantitative estimate of drug-likeness (QED) is 0.267. The number of aryl methyl sites for hydroxylation is 2. The molecule has 0 aliphatic heterocycles. The SMILES string of the molecule is Cc1c(C(=O)OCCOc2ccccc2)sc2ncn(CC(=O)Nc3sc4c(c3C#N)CCC4)c(=O)c12. The summed E-state index contributed by atoms with van der Waals surface area (Å²) >= 11 is 2.49. The van der Waals surface area contributed by atoms with Crippen LogP contribution < -0.4 is 15.6 Å². The molecule has 0 atom stereocenters. The van der Waals surface area contributed by atoms with Gasteiger partial charge in [0, 0.05) is 4.88 Å². The van der Waals surface area contributed by atoms with E-state index in [2.05, 4.69) is 16.4 Å². The van der Waals surface area contributed by atoms with Gasteiger partial charge in [0.25, 0.3) is 5.56 Å². The molecule has 188 valence electrons. The van der Waals surface area contributed by atoms with Gasteiger partial charge >= 0.3 is 5.97 Å². The molecular formula is C26H22N4O5S2. The number of ether oxygens (including phenoxy) is 2. The Morgan fingerprint density at radius 3 is 2.78 bits per heavy atom. The summed E-state index contributed by atoms with van der Waals surface area (Å²) in [6.45, 7) is 1.65. The van der Waals surface area contributed by atoms with E-state index in [1.807, 2.05) is 30.3 Å². The van der Waals surface area contributed by atoms with E-state index in [0.29, 0.717) is 26.7 Å². The smallest absolute Gasteiger partial charge is 0.348 e. The first-order valence-corrected chi connectivity index (χ1v) is 13.3. The Labute approximate surface area is 219 Å². The number of nitrogens with one attached hydrogen (secondary N) is 1. The average Bonchev–Trinajstić information content (AvgIpc) is 3.57. The number of nitriles is 1. The van der Waals surface area contributed by atoms with Crippen LogP contribution in [-0.4, -0.2) is 34.6 Å². The number of benzene rings is 1. The van der Waals surface area contributed by atoms with Crippen molar-refractivity contribution in [2.45, 2.75) is 32.7 Å². The van der Waals surface area contributed by atoms with Crippen molar-refractivity contribution >= 4 is 49.8 Å². The third kappa shape index (κ3) is 4.98. The molecule has 3 aromatic heterocycles. The summed E-state index contributed by atoms with van der Waals surface area (Å²) in [5.41, 5.74) is 1.57. The summed E-state index contributed by atoms with van der Waals surface area (Å²) < 4.78 is 12.1. The fourth-order valence-electron chi connectivity index (χ4n) is 4.27. The number of para-hydroxylation sites is 1. The van der Waals surface area contributed by atoms with E-state index in [0.717, 1.165) is 41.0 Å². The van der Waals surface area contributed by atoms with Crippen molar-refractivity contribution < 1.29 is 19.1 Å². The molecule has 0 saturated heterocycles. The number of fused-ring (bicyclic) bond motifs is 2. The standard InChI is InChI=1S/C26H22N4O5S2/c1-15-21-24(37-22(15)26(33)35-11-10-34-16-6-3-2-4-7-16)28-14-30(25(21)32)13-20(31)29-23-18(12-27)17-8-5-9-19(17)36-23/h2-4,6-7,14H,5,8-11,13H2,1H3,(H,29,31). The highest BCUT2D eigenvalue weighted by Crippen LogP contribution is 2.38. The highest BCUT2D eigenvalue weighted by Gasteiger charge is 2.24. The molecule has 0 unspecified atom stereocenters. The number of esters is 1. The van der Waals surface area contributed by atoms with Gasteiger partial charge in [-0.15, -0.1) is 22.7 Å². The van der Waals surface area contributed by atoms with E-state index < -0.39 is 17.4 Å². The zero-order valence-corrected chi connectivity index (χ0v) is 21.5. The molecule has 11 heteroatoms. The van der Waals surface area contributed by atoms with E-state index in [1.54, 1.807) is 6.92 Å². The molecule has 37 heavy (non-hydrogen) atoms. The summed E-state index contributed by atoms with van der Waals surface area (Å²) in [4.78, 5) is 44.6. The lowest BCUT2D eigenvalue weighted by Gasteiger charge is -2.07. The molecule has 9 nitrogen and oxygen atoms in total. The molecule has 1 amide bonds. The highest BCUT2D eigenvalue weighted by molar-refractivity contribution is 7.20. The van der Waals surface area contributed by atoms with Crippen molar-refractivity contribution in [2.24, 2.45) is 0 Å². The Morgan fingerprint density at radius 2 is 2.00 bits per heavy atom. The van der Waals surface area contributed by atoms with Gasteiger partial charge in [0.05, 0.1) is 17.3 Å². The normalized spacial score (nSPS) is 12.2. The number of carbonyl (C=O) groups excluding carboxylic acids is 2. The van der Waals surface area contributed by atoms with E-state index in [9.17, 15) is 19.6 Å². The van der Waals surface area contributed by atoms with Crippen LogP contribution in [0.2, 0.25) is 0 Å². The van der Waals surface area contributed by atoms with Crippen LogP contribution in [0.25, 0.3) is 10.2 Å². The fraction of sp³-hybridized carbons (Fsp3) is 0.269. The number of thiophene rings is 2. The lowest BCUT2D eigenvalue weighted by Crippen LogP contribution is -2.27. The number of carbonyl (C=O) groups is 2. The van der Waals surface area contributed by atoms with Gasteiger partial charge in [0.2, 0.25) is 5.91 Å². The van der Waals surface area contributed by atoms with Crippen molar-refractivity contribution in [3.63, 3.8) is 0 Å². The molecule has 0 spiro atoms. The molecular weight excluding hydrogens is 512 g/mol. The summed E-state index contributed by atoms with van der Waals surface area (Å²) in [6, 6.07) is 11.4. The van der Waals surface area contributed by atoms with Crippen LogP contribution in [0.3, 0.4) is 0 Å². The monoisotopic (exact) mass is 534 g/mol. The summed E-state index contributed by atoms with van der Waals surface area (Å²) in [5, 5.41) is 13.1. The molecule has 1 aliphatic carbocycles. The van der Waals surface area contributed by atoms with Crippen LogP contribution >= 0.6 is 22.7 Å². The van der Waals surface area contributed by atoms with Crippen LogP contribution in [0.1, 0.15) is 37.7 Å². The van der Waals surface area contributed by atoms with Crippen molar-refractivity contribution in [1.29, 1.82) is 5.26 Å². The number of aromatic nitrogens is 2. The van der Waals surface area contributed by atoms with E-state index in [1.165, 1.54) is 22.2 Å². The molecule has 1 aliphatic rings. The van der Waals surface area contributed by atoms with E-state index in [4.69, 9.17) is 9.47 Å². The minimum absolute atomic E-state index is 0.0517. The number of rotatable bonds is 8. The van der Waals surface area contributed by atoms with Crippen molar-refractivity contribution in [2.75, 3.05) is 18.5 Å². The van der Waals surface area contributed by atoms with Crippen LogP contribution in [0, 0.1) is 18.3 Å². The van der Waals surface area contributed by atoms with Crippen LogP contribution in [0.5, 0.6) is 5.75 Å². The molecule has 0 fully saturated rings. The molecule has 1 aromatic carbocycles. The highest BCUT2D eigenvalue weighted by atomic mass is 32.1. The van der Waals surface area contributed by atoms with Crippen molar-refractivity contribution in [3.8, 4) is 11.8 Å². The lowest BCUT2D eigenvalue weighted by molar-refractivity contribution is -0.116. The first-order chi connectivity index (χ1) is 18.0. The Morgan fingerprint density at radius 1 is 1.19 bits per heavy atom. The second-order valence-corrected chi connectivity index (χ2v) is 10.5. The zero-order chi connectivity index (χ0) is 25.9. The average molecular weight is 535 g/mol. The van der Waals surface area contributed by atoms with Crippen LogP contribution in [0.15, 0.2) is 41.5 Å². The van der Waals surface area contributed by atoms with Gasteiger partial charge in [-0.25, -0.2) is 9.78 Å². The fourth-order valence-corrected chi connectivity index (χ4v) is 6.56. The van der Waals surface area contributed by atoms with E-state index in [-0.39, 0.29) is 30.0 Å². The Balaban J connectivity index is 1.27. The van der Waals surface area contributed by atoms with Gasteiger partial charge in [0.15, 0.2) is 0 Å². The number of hydrogen-bond acceptors (Lipinski definition) is 9. The Kier molecular flexibility index (Phi) is 7.03. The number of anilines is 1. The molecule has 0 saturated carbocycles. The largest absolute Gasteiger partial charge is 0.490 e. The van der Waals surface area contributed by atoms with Gasteiger partial charge in [-0.1, -0.05) is 18.2 Å². The predicted octanol–water partition coefficient (Wildman–Crippen LogP) is 4.06. The number of hydrogen-bond donors (Lipinski definition) is 1. The minimum atomic E-state index is -0.560. The summed E-state index contributed by atoms with van der Waals surface area (Å²) in [6.07, 6.45) is 4.06. The van der Waals surface area contributed by atoms with Crippen LogP contribution in [0.4, 0.5) is 5.00 Å². The molecule has 1 N–H and O–H groups in total. The number of nitrogens with zero attached hydrogens (tertiary/aromatic N) is 3. The molecule has 5 rings (SSSR count). The first-order valence-electron chi connectivity index (χ1n) is 11.6. The van der Waals surface area contributed by atoms with Gasteiger partial charge in [-0.05, 0) is 49.4 Å². The molecule has 0 bridgehead atoms.